The first-order valence-electron chi connectivity index (χ1n) is 4.38. The highest BCUT2D eigenvalue weighted by molar-refractivity contribution is 6.02. The van der Waals surface area contributed by atoms with Gasteiger partial charge in [-0.05, 0) is 12.8 Å². The van der Waals surface area contributed by atoms with Crippen LogP contribution in [0, 0.1) is 0 Å². The lowest BCUT2D eigenvalue weighted by atomic mass is 9.81. The van der Waals surface area contributed by atoms with Gasteiger partial charge in [-0.3, -0.25) is 9.59 Å². The largest absolute Gasteiger partial charge is 0.374 e. The predicted octanol–water partition coefficient (Wildman–Crippen LogP) is 0.858. The monoisotopic (exact) mass is 168 g/mol. The van der Waals surface area contributed by atoms with Crippen molar-refractivity contribution in [1.82, 2.24) is 0 Å². The van der Waals surface area contributed by atoms with Crippen LogP contribution in [0.5, 0.6) is 0 Å². The normalized spacial score (nSPS) is 28.3. The Bertz CT molecular complexity index is 208. The van der Waals surface area contributed by atoms with Gasteiger partial charge in [0, 0.05) is 19.4 Å². The van der Waals surface area contributed by atoms with Gasteiger partial charge in [-0.15, -0.1) is 0 Å². The molecule has 0 unspecified atom stereocenters. The summed E-state index contributed by atoms with van der Waals surface area (Å²) in [4.78, 5) is 22.3. The first-order valence-corrected chi connectivity index (χ1v) is 4.38. The van der Waals surface area contributed by atoms with Gasteiger partial charge >= 0.3 is 0 Å². The minimum Gasteiger partial charge on any atom is -0.374 e. The van der Waals surface area contributed by atoms with Crippen molar-refractivity contribution in [2.45, 2.75) is 37.7 Å². The van der Waals surface area contributed by atoms with Crippen molar-refractivity contribution in [3.8, 4) is 0 Å². The molecular weight excluding hydrogens is 156 g/mol. The number of ketones is 2. The zero-order chi connectivity index (χ0) is 8.60. The number of hydrogen-bond acceptors (Lipinski definition) is 3. The summed E-state index contributed by atoms with van der Waals surface area (Å²) in [7, 11) is 0. The second kappa shape index (κ2) is 2.66. The quantitative estimate of drug-likeness (QED) is 0.504. The van der Waals surface area contributed by atoms with Gasteiger partial charge in [0.25, 0.3) is 0 Å². The predicted molar refractivity (Wildman–Crippen MR) is 41.8 cm³/mol. The van der Waals surface area contributed by atoms with Gasteiger partial charge in [-0.1, -0.05) is 0 Å². The van der Waals surface area contributed by atoms with E-state index in [1.165, 1.54) is 0 Å². The molecule has 1 saturated carbocycles. The Morgan fingerprint density at radius 1 is 1.17 bits per heavy atom. The number of Topliss-reactive ketones (excluding diaryl/α,β-unsaturated/α-hetero) is 2. The Morgan fingerprint density at radius 2 is 1.83 bits per heavy atom. The van der Waals surface area contributed by atoms with Crippen LogP contribution in [0.4, 0.5) is 0 Å². The molecule has 0 radical (unpaired) electrons. The van der Waals surface area contributed by atoms with Crippen molar-refractivity contribution in [3.05, 3.63) is 0 Å². The molecule has 3 heteroatoms. The summed E-state index contributed by atoms with van der Waals surface area (Å²) in [5, 5.41) is 0. The van der Waals surface area contributed by atoms with Crippen LogP contribution in [0.25, 0.3) is 0 Å². The smallest absolute Gasteiger partial charge is 0.143 e. The molecule has 0 N–H and O–H groups in total. The summed E-state index contributed by atoms with van der Waals surface area (Å²) in [6.07, 6.45) is 2.91. The molecule has 0 aromatic heterocycles. The molecule has 2 aliphatic rings. The fourth-order valence-corrected chi connectivity index (χ4v) is 2.16. The highest BCUT2D eigenvalue weighted by atomic mass is 16.5. The van der Waals surface area contributed by atoms with Crippen LogP contribution in [0.2, 0.25) is 0 Å². The lowest BCUT2D eigenvalue weighted by molar-refractivity contribution is -0.140. The van der Waals surface area contributed by atoms with Crippen LogP contribution < -0.4 is 0 Å². The van der Waals surface area contributed by atoms with Crippen molar-refractivity contribution in [2.75, 3.05) is 6.61 Å². The summed E-state index contributed by atoms with van der Waals surface area (Å²) in [5.74, 6) is 0.0984. The molecule has 1 saturated heterocycles. The molecule has 1 aliphatic heterocycles. The van der Waals surface area contributed by atoms with Crippen molar-refractivity contribution in [3.63, 3.8) is 0 Å². The zero-order valence-electron chi connectivity index (χ0n) is 6.97. The van der Waals surface area contributed by atoms with Gasteiger partial charge in [0.15, 0.2) is 0 Å². The topological polar surface area (TPSA) is 43.4 Å². The van der Waals surface area contributed by atoms with Crippen molar-refractivity contribution in [2.24, 2.45) is 0 Å². The van der Waals surface area contributed by atoms with E-state index in [0.29, 0.717) is 19.4 Å². The summed E-state index contributed by atoms with van der Waals surface area (Å²) >= 11 is 0. The Kier molecular flexibility index (Phi) is 1.76. The zero-order valence-corrected chi connectivity index (χ0v) is 6.97. The minimum atomic E-state index is -0.383. The minimum absolute atomic E-state index is 0.0492. The van der Waals surface area contributed by atoms with Gasteiger partial charge in [-0.25, -0.2) is 0 Å². The summed E-state index contributed by atoms with van der Waals surface area (Å²) < 4.78 is 5.48. The molecule has 1 spiro atoms. The summed E-state index contributed by atoms with van der Waals surface area (Å²) in [5.41, 5.74) is -0.383. The molecule has 66 valence electrons. The number of carbonyl (C=O) groups is 2. The van der Waals surface area contributed by atoms with E-state index in [1.54, 1.807) is 0 Å². The van der Waals surface area contributed by atoms with E-state index in [9.17, 15) is 9.59 Å². The number of hydrogen-bond donors (Lipinski definition) is 0. The average Bonchev–Trinajstić information content (AvgIpc) is 2.33. The third-order valence-corrected chi connectivity index (χ3v) is 2.62. The molecule has 0 bridgehead atoms. The average molecular weight is 168 g/mol. The first-order chi connectivity index (χ1) is 5.70. The molecule has 3 nitrogen and oxygen atoms in total. The second-order valence-corrected chi connectivity index (χ2v) is 3.74. The highest BCUT2D eigenvalue weighted by Gasteiger charge is 2.42. The molecule has 12 heavy (non-hydrogen) atoms. The van der Waals surface area contributed by atoms with Crippen LogP contribution >= 0.6 is 0 Å². The van der Waals surface area contributed by atoms with E-state index in [1.807, 2.05) is 0 Å². The van der Waals surface area contributed by atoms with Gasteiger partial charge in [0.05, 0.1) is 12.0 Å². The van der Waals surface area contributed by atoms with E-state index in [2.05, 4.69) is 0 Å². The summed E-state index contributed by atoms with van der Waals surface area (Å²) in [6.45, 7) is 0.709. The Labute approximate surface area is 71.1 Å². The SMILES string of the molecule is O=C1CC(=O)CC2(CCCO2)C1. The van der Waals surface area contributed by atoms with Gasteiger partial charge in [-0.2, -0.15) is 0 Å². The molecule has 0 aromatic rings. The molecule has 2 rings (SSSR count). The Hall–Kier alpha value is -0.700. The van der Waals surface area contributed by atoms with Crippen molar-refractivity contribution >= 4 is 11.6 Å². The number of carbonyl (C=O) groups excluding carboxylic acids is 2. The van der Waals surface area contributed by atoms with Crippen molar-refractivity contribution in [1.29, 1.82) is 0 Å². The maximum absolute atomic E-state index is 11.1. The van der Waals surface area contributed by atoms with E-state index >= 15 is 0 Å². The molecule has 2 fully saturated rings. The Balaban J connectivity index is 2.14. The summed E-state index contributed by atoms with van der Waals surface area (Å²) in [6, 6.07) is 0. The second-order valence-electron chi connectivity index (χ2n) is 3.74. The maximum Gasteiger partial charge on any atom is 0.143 e. The van der Waals surface area contributed by atoms with Gasteiger partial charge < -0.3 is 4.74 Å². The lowest BCUT2D eigenvalue weighted by Gasteiger charge is -2.30. The van der Waals surface area contributed by atoms with Gasteiger partial charge in [0.1, 0.15) is 11.6 Å². The van der Waals surface area contributed by atoms with Crippen LogP contribution in [-0.4, -0.2) is 23.8 Å². The van der Waals surface area contributed by atoms with Crippen molar-refractivity contribution < 1.29 is 14.3 Å². The molecule has 0 aromatic carbocycles. The van der Waals surface area contributed by atoms with E-state index < -0.39 is 0 Å². The van der Waals surface area contributed by atoms with E-state index in [-0.39, 0.29) is 23.6 Å². The molecule has 1 heterocycles. The maximum atomic E-state index is 11.1. The fourth-order valence-electron chi connectivity index (χ4n) is 2.16. The number of ether oxygens (including phenoxy) is 1. The molecular formula is C9H12O3. The molecule has 0 atom stereocenters. The van der Waals surface area contributed by atoms with Gasteiger partial charge in [0.2, 0.25) is 0 Å². The lowest BCUT2D eigenvalue weighted by Crippen LogP contribution is -2.39. The van der Waals surface area contributed by atoms with Crippen LogP contribution in [0.15, 0.2) is 0 Å². The van der Waals surface area contributed by atoms with Crippen LogP contribution in [0.3, 0.4) is 0 Å². The first kappa shape index (κ1) is 7.92. The molecule has 0 amide bonds. The third kappa shape index (κ3) is 1.29. The van der Waals surface area contributed by atoms with E-state index in [0.717, 1.165) is 12.8 Å². The fraction of sp³-hybridized carbons (Fsp3) is 0.778. The Morgan fingerprint density at radius 3 is 2.33 bits per heavy atom. The van der Waals surface area contributed by atoms with Crippen LogP contribution in [0.1, 0.15) is 32.1 Å². The van der Waals surface area contributed by atoms with E-state index in [4.69, 9.17) is 4.74 Å². The molecule has 1 aliphatic carbocycles. The van der Waals surface area contributed by atoms with Crippen LogP contribution in [-0.2, 0) is 14.3 Å². The standard InChI is InChI=1S/C9H12O3/c10-7-4-8(11)6-9(5-7)2-1-3-12-9/h1-6H2. The highest BCUT2D eigenvalue weighted by Crippen LogP contribution is 2.36. The third-order valence-electron chi connectivity index (χ3n) is 2.62. The number of rotatable bonds is 0.